The molecule has 5 rings (SSSR count). The van der Waals surface area contributed by atoms with Crippen LogP contribution in [0.3, 0.4) is 0 Å². The van der Waals surface area contributed by atoms with Crippen LogP contribution >= 0.6 is 11.3 Å². The minimum atomic E-state index is -0.462. The molecule has 0 aliphatic carbocycles. The number of aromatic nitrogens is 1. The van der Waals surface area contributed by atoms with Crippen LogP contribution in [-0.4, -0.2) is 40.8 Å². The molecule has 7 heteroatoms. The Bertz CT molecular complexity index is 1170. The van der Waals surface area contributed by atoms with Gasteiger partial charge in [-0.05, 0) is 48.6 Å². The Kier molecular flexibility index (Phi) is 5.08. The largest absolute Gasteiger partial charge is 0.368 e. The van der Waals surface area contributed by atoms with Crippen LogP contribution in [0.15, 0.2) is 47.8 Å². The molecule has 0 fully saturated rings. The van der Waals surface area contributed by atoms with Gasteiger partial charge in [0.1, 0.15) is 0 Å². The van der Waals surface area contributed by atoms with Crippen LogP contribution in [0.4, 0.5) is 5.69 Å². The molecule has 6 nitrogen and oxygen atoms in total. The Morgan fingerprint density at radius 3 is 2.71 bits per heavy atom. The molecule has 0 radical (unpaired) electrons. The van der Waals surface area contributed by atoms with Crippen molar-refractivity contribution in [3.05, 3.63) is 69.5 Å². The molecule has 0 saturated heterocycles. The van der Waals surface area contributed by atoms with E-state index < -0.39 is 6.04 Å². The van der Waals surface area contributed by atoms with Gasteiger partial charge in [-0.3, -0.25) is 14.5 Å². The van der Waals surface area contributed by atoms with Crippen LogP contribution in [0.5, 0.6) is 0 Å². The van der Waals surface area contributed by atoms with E-state index in [0.29, 0.717) is 19.5 Å². The van der Waals surface area contributed by atoms with E-state index in [1.54, 1.807) is 11.3 Å². The first-order valence-corrected chi connectivity index (χ1v) is 11.3. The molecule has 2 N–H and O–H groups in total. The van der Waals surface area contributed by atoms with E-state index in [4.69, 9.17) is 5.73 Å². The zero-order chi connectivity index (χ0) is 21.5. The molecule has 2 amide bonds. The standard InChI is InChI=1S/C24H24N4O2S/c1-15-26-20(14-31-15)17-6-7-21-18(10-17)8-9-28(21)23(29)13-27-12-19-5-3-2-4-16(19)11-22(27)24(25)30/h2-7,10,14,22H,8-9,11-13H2,1H3,(H2,25,30). The van der Waals surface area contributed by atoms with Gasteiger partial charge in [0.05, 0.1) is 23.3 Å². The molecule has 2 aliphatic rings. The summed E-state index contributed by atoms with van der Waals surface area (Å²) in [5.41, 5.74) is 12.1. The molecule has 0 saturated carbocycles. The highest BCUT2D eigenvalue weighted by Crippen LogP contribution is 2.33. The molecule has 31 heavy (non-hydrogen) atoms. The van der Waals surface area contributed by atoms with Crippen molar-refractivity contribution in [3.8, 4) is 11.3 Å². The summed E-state index contributed by atoms with van der Waals surface area (Å²) < 4.78 is 0. The predicted octanol–water partition coefficient (Wildman–Crippen LogP) is 2.92. The number of carbonyl (C=O) groups excluding carboxylic acids is 2. The Hall–Kier alpha value is -3.03. The summed E-state index contributed by atoms with van der Waals surface area (Å²) in [5, 5.41) is 3.10. The van der Waals surface area contributed by atoms with Gasteiger partial charge in [-0.1, -0.05) is 30.3 Å². The number of hydrogen-bond donors (Lipinski definition) is 1. The van der Waals surface area contributed by atoms with Gasteiger partial charge in [0.2, 0.25) is 11.8 Å². The van der Waals surface area contributed by atoms with Gasteiger partial charge in [0.25, 0.3) is 0 Å². The maximum Gasteiger partial charge on any atom is 0.241 e. The van der Waals surface area contributed by atoms with Crippen molar-refractivity contribution in [3.63, 3.8) is 0 Å². The van der Waals surface area contributed by atoms with E-state index in [0.717, 1.165) is 45.1 Å². The number of benzene rings is 2. The second-order valence-electron chi connectivity index (χ2n) is 8.19. The van der Waals surface area contributed by atoms with Crippen LogP contribution in [0.2, 0.25) is 0 Å². The monoisotopic (exact) mass is 432 g/mol. The average Bonchev–Trinajstić information content (AvgIpc) is 3.38. The number of nitrogens with zero attached hydrogens (tertiary/aromatic N) is 3. The number of amides is 2. The van der Waals surface area contributed by atoms with Crippen LogP contribution in [-0.2, 0) is 29.0 Å². The maximum absolute atomic E-state index is 13.2. The Morgan fingerprint density at radius 2 is 1.97 bits per heavy atom. The zero-order valence-electron chi connectivity index (χ0n) is 17.4. The topological polar surface area (TPSA) is 79.5 Å². The third-order valence-corrected chi connectivity index (χ3v) is 6.98. The summed E-state index contributed by atoms with van der Waals surface area (Å²) >= 11 is 1.64. The summed E-state index contributed by atoms with van der Waals surface area (Å²) in [6.45, 7) is 3.38. The molecule has 158 valence electrons. The van der Waals surface area contributed by atoms with Crippen LogP contribution < -0.4 is 10.6 Å². The summed E-state index contributed by atoms with van der Waals surface area (Å²) in [6.07, 6.45) is 1.37. The van der Waals surface area contributed by atoms with E-state index in [1.165, 1.54) is 0 Å². The lowest BCUT2D eigenvalue weighted by molar-refractivity contribution is -0.126. The van der Waals surface area contributed by atoms with E-state index in [9.17, 15) is 9.59 Å². The summed E-state index contributed by atoms with van der Waals surface area (Å²) in [5.74, 6) is -0.381. The van der Waals surface area contributed by atoms with Crippen molar-refractivity contribution in [2.24, 2.45) is 5.73 Å². The number of thiazole rings is 1. The van der Waals surface area contributed by atoms with E-state index in [-0.39, 0.29) is 18.4 Å². The maximum atomic E-state index is 13.2. The average molecular weight is 433 g/mol. The van der Waals surface area contributed by atoms with Crippen LogP contribution in [0.25, 0.3) is 11.3 Å². The lowest BCUT2D eigenvalue weighted by atomic mass is 9.93. The fourth-order valence-corrected chi connectivity index (χ4v) is 5.22. The third kappa shape index (κ3) is 3.75. The lowest BCUT2D eigenvalue weighted by Crippen LogP contribution is -2.52. The summed E-state index contributed by atoms with van der Waals surface area (Å²) in [6, 6.07) is 13.8. The van der Waals surface area contributed by atoms with Crippen LogP contribution in [0.1, 0.15) is 21.7 Å². The molecule has 1 unspecified atom stereocenters. The van der Waals surface area contributed by atoms with Crippen LogP contribution in [0, 0.1) is 6.92 Å². The molecular weight excluding hydrogens is 408 g/mol. The van der Waals surface area contributed by atoms with Gasteiger partial charge in [0.15, 0.2) is 0 Å². The SMILES string of the molecule is Cc1nc(-c2ccc3c(c2)CCN3C(=O)CN2Cc3ccccc3CC2C(N)=O)cs1. The predicted molar refractivity (Wildman–Crippen MR) is 122 cm³/mol. The molecule has 0 bridgehead atoms. The van der Waals surface area contributed by atoms with Crippen molar-refractivity contribution in [1.82, 2.24) is 9.88 Å². The van der Waals surface area contributed by atoms with E-state index in [2.05, 4.69) is 22.5 Å². The molecule has 3 aromatic rings. The lowest BCUT2D eigenvalue weighted by Gasteiger charge is -2.35. The number of fused-ring (bicyclic) bond motifs is 2. The fraction of sp³-hybridized carbons (Fsp3) is 0.292. The zero-order valence-corrected chi connectivity index (χ0v) is 18.2. The van der Waals surface area contributed by atoms with Gasteiger partial charge >= 0.3 is 0 Å². The Balaban J connectivity index is 1.35. The minimum absolute atomic E-state index is 0.00151. The number of aryl methyl sites for hydroxylation is 1. The number of primary amides is 1. The first kappa shape index (κ1) is 19.9. The van der Waals surface area contributed by atoms with Crippen molar-refractivity contribution in [1.29, 1.82) is 0 Å². The molecule has 2 aromatic carbocycles. The van der Waals surface area contributed by atoms with Gasteiger partial charge in [-0.25, -0.2) is 4.98 Å². The Labute approximate surface area is 185 Å². The first-order chi connectivity index (χ1) is 15.0. The molecular formula is C24H24N4O2S. The smallest absolute Gasteiger partial charge is 0.241 e. The molecule has 2 aliphatic heterocycles. The quantitative estimate of drug-likeness (QED) is 0.688. The molecule has 1 aromatic heterocycles. The number of nitrogens with two attached hydrogens (primary N) is 1. The number of carbonyl (C=O) groups is 2. The number of hydrogen-bond acceptors (Lipinski definition) is 5. The third-order valence-electron chi connectivity index (χ3n) is 6.20. The number of rotatable bonds is 4. The Morgan fingerprint density at radius 1 is 1.16 bits per heavy atom. The normalized spacial score (nSPS) is 18.0. The van der Waals surface area contributed by atoms with Gasteiger partial charge in [-0.2, -0.15) is 0 Å². The number of anilines is 1. The van der Waals surface area contributed by atoms with Gasteiger partial charge in [-0.15, -0.1) is 11.3 Å². The summed E-state index contributed by atoms with van der Waals surface area (Å²) in [7, 11) is 0. The van der Waals surface area contributed by atoms with Crippen molar-refractivity contribution >= 4 is 28.8 Å². The van der Waals surface area contributed by atoms with Crippen molar-refractivity contribution in [2.75, 3.05) is 18.0 Å². The van der Waals surface area contributed by atoms with Gasteiger partial charge < -0.3 is 10.6 Å². The second-order valence-corrected chi connectivity index (χ2v) is 9.25. The van der Waals surface area contributed by atoms with E-state index in [1.807, 2.05) is 47.1 Å². The highest BCUT2D eigenvalue weighted by atomic mass is 32.1. The van der Waals surface area contributed by atoms with Crippen molar-refractivity contribution < 1.29 is 9.59 Å². The van der Waals surface area contributed by atoms with Gasteiger partial charge in [0, 0.05) is 29.7 Å². The summed E-state index contributed by atoms with van der Waals surface area (Å²) in [4.78, 5) is 33.7. The highest BCUT2D eigenvalue weighted by molar-refractivity contribution is 7.09. The second kappa shape index (κ2) is 7.90. The molecule has 3 heterocycles. The minimum Gasteiger partial charge on any atom is -0.368 e. The highest BCUT2D eigenvalue weighted by Gasteiger charge is 2.33. The first-order valence-electron chi connectivity index (χ1n) is 10.5. The molecule has 0 spiro atoms. The van der Waals surface area contributed by atoms with Crippen molar-refractivity contribution in [2.45, 2.75) is 32.4 Å². The van der Waals surface area contributed by atoms with E-state index >= 15 is 0 Å². The fourth-order valence-electron chi connectivity index (χ4n) is 4.60. The molecule has 1 atom stereocenters.